The van der Waals surface area contributed by atoms with Crippen LogP contribution in [0.15, 0.2) is 54.0 Å². The van der Waals surface area contributed by atoms with E-state index in [4.69, 9.17) is 4.74 Å². The van der Waals surface area contributed by atoms with Crippen LogP contribution in [-0.4, -0.2) is 35.8 Å². The molecule has 7 heteroatoms. The van der Waals surface area contributed by atoms with Crippen LogP contribution in [-0.2, 0) is 15.3 Å². The standard InChI is InChI=1S/C19H18N2O3S2/c22-18(20-8-9-25-12-14-4-2-1-3-5-14)11-24-19(23)15-6-7-16-17(10-15)26-13-21-16/h1-7,10,13H,8-9,11-12H2,(H,20,22). The Morgan fingerprint density at radius 3 is 2.85 bits per heavy atom. The number of benzene rings is 2. The van der Waals surface area contributed by atoms with Crippen LogP contribution in [0.3, 0.4) is 0 Å². The topological polar surface area (TPSA) is 68.3 Å². The van der Waals surface area contributed by atoms with Crippen LogP contribution < -0.4 is 5.32 Å². The molecule has 1 aromatic heterocycles. The lowest BCUT2D eigenvalue weighted by Gasteiger charge is -2.07. The number of fused-ring (bicyclic) bond motifs is 1. The SMILES string of the molecule is O=C(COC(=O)c1ccc2ncsc2c1)NCCSCc1ccccc1. The van der Waals surface area contributed by atoms with Crippen molar-refractivity contribution in [1.29, 1.82) is 0 Å². The van der Waals surface area contributed by atoms with Crippen molar-refractivity contribution >= 4 is 45.2 Å². The highest BCUT2D eigenvalue weighted by Gasteiger charge is 2.11. The first-order valence-electron chi connectivity index (χ1n) is 8.11. The number of aromatic nitrogens is 1. The van der Waals surface area contributed by atoms with Crippen LogP contribution in [0.2, 0.25) is 0 Å². The van der Waals surface area contributed by atoms with Crippen LogP contribution in [0.5, 0.6) is 0 Å². The zero-order valence-corrected chi connectivity index (χ0v) is 15.6. The minimum atomic E-state index is -0.506. The highest BCUT2D eigenvalue weighted by molar-refractivity contribution is 7.98. The van der Waals surface area contributed by atoms with Gasteiger partial charge in [0.15, 0.2) is 6.61 Å². The molecule has 1 amide bonds. The van der Waals surface area contributed by atoms with Gasteiger partial charge in [-0.3, -0.25) is 4.79 Å². The van der Waals surface area contributed by atoms with E-state index in [-0.39, 0.29) is 12.5 Å². The minimum absolute atomic E-state index is 0.275. The van der Waals surface area contributed by atoms with Gasteiger partial charge in [-0.1, -0.05) is 30.3 Å². The summed E-state index contributed by atoms with van der Waals surface area (Å²) in [7, 11) is 0. The van der Waals surface area contributed by atoms with Gasteiger partial charge in [0.05, 0.1) is 21.3 Å². The Balaban J connectivity index is 1.33. The molecule has 0 unspecified atom stereocenters. The van der Waals surface area contributed by atoms with Crippen molar-refractivity contribution in [3.63, 3.8) is 0 Å². The van der Waals surface area contributed by atoms with Gasteiger partial charge in [-0.25, -0.2) is 9.78 Å². The van der Waals surface area contributed by atoms with Crippen molar-refractivity contribution in [1.82, 2.24) is 10.3 Å². The van der Waals surface area contributed by atoms with Crippen molar-refractivity contribution in [2.24, 2.45) is 0 Å². The highest BCUT2D eigenvalue weighted by Crippen LogP contribution is 2.19. The summed E-state index contributed by atoms with van der Waals surface area (Å²) in [6.45, 7) is 0.267. The Morgan fingerprint density at radius 1 is 1.15 bits per heavy atom. The molecule has 1 heterocycles. The largest absolute Gasteiger partial charge is 0.452 e. The molecule has 3 rings (SSSR count). The zero-order chi connectivity index (χ0) is 18.2. The fourth-order valence-corrected chi connectivity index (χ4v) is 3.81. The molecule has 0 bridgehead atoms. The third kappa shape index (κ3) is 5.31. The highest BCUT2D eigenvalue weighted by atomic mass is 32.2. The third-order valence-corrected chi connectivity index (χ3v) is 5.40. The molecular weight excluding hydrogens is 368 g/mol. The first kappa shape index (κ1) is 18.4. The van der Waals surface area contributed by atoms with Crippen molar-refractivity contribution in [3.05, 3.63) is 65.2 Å². The van der Waals surface area contributed by atoms with Gasteiger partial charge in [-0.05, 0) is 23.8 Å². The average Bonchev–Trinajstić information content (AvgIpc) is 3.14. The van der Waals surface area contributed by atoms with Crippen LogP contribution in [0.1, 0.15) is 15.9 Å². The lowest BCUT2D eigenvalue weighted by molar-refractivity contribution is -0.124. The van der Waals surface area contributed by atoms with E-state index in [1.807, 2.05) is 18.2 Å². The van der Waals surface area contributed by atoms with Gasteiger partial charge in [0.1, 0.15) is 0 Å². The second kappa shape index (κ2) is 9.35. The number of amides is 1. The summed E-state index contributed by atoms with van der Waals surface area (Å²) in [5, 5.41) is 2.76. The molecule has 2 aromatic carbocycles. The predicted octanol–water partition coefficient (Wildman–Crippen LogP) is 3.50. The number of hydrogen-bond acceptors (Lipinski definition) is 6. The molecule has 134 valence electrons. The summed E-state index contributed by atoms with van der Waals surface area (Å²) >= 11 is 3.20. The van der Waals surface area contributed by atoms with Crippen LogP contribution in [0, 0.1) is 0 Å². The first-order chi connectivity index (χ1) is 12.7. The first-order valence-corrected chi connectivity index (χ1v) is 10.1. The predicted molar refractivity (Wildman–Crippen MR) is 106 cm³/mol. The van der Waals surface area contributed by atoms with Gasteiger partial charge in [-0.15, -0.1) is 11.3 Å². The molecule has 0 saturated carbocycles. The number of nitrogens with zero attached hydrogens (tertiary/aromatic N) is 1. The van der Waals surface area contributed by atoms with E-state index in [1.54, 1.807) is 35.5 Å². The van der Waals surface area contributed by atoms with Gasteiger partial charge in [-0.2, -0.15) is 11.8 Å². The molecule has 1 N–H and O–H groups in total. The lowest BCUT2D eigenvalue weighted by Crippen LogP contribution is -2.30. The molecular formula is C19H18N2O3S2. The Labute approximate surface area is 159 Å². The number of hydrogen-bond donors (Lipinski definition) is 1. The number of nitrogens with one attached hydrogen (secondary N) is 1. The molecule has 0 spiro atoms. The Kier molecular flexibility index (Phi) is 6.62. The van der Waals surface area contributed by atoms with Gasteiger partial charge in [0.2, 0.25) is 0 Å². The molecule has 5 nitrogen and oxygen atoms in total. The Morgan fingerprint density at radius 2 is 2.00 bits per heavy atom. The van der Waals surface area contributed by atoms with Crippen LogP contribution in [0.25, 0.3) is 10.2 Å². The summed E-state index contributed by atoms with van der Waals surface area (Å²) < 4.78 is 5.98. The normalized spacial score (nSPS) is 10.6. The fourth-order valence-electron chi connectivity index (χ4n) is 2.27. The maximum atomic E-state index is 12.0. The summed E-state index contributed by atoms with van der Waals surface area (Å²) in [6, 6.07) is 15.3. The molecule has 3 aromatic rings. The van der Waals surface area contributed by atoms with Crippen LogP contribution >= 0.6 is 23.1 Å². The number of ether oxygens (including phenoxy) is 1. The molecule has 0 fully saturated rings. The monoisotopic (exact) mass is 386 g/mol. The molecule has 0 radical (unpaired) electrons. The lowest BCUT2D eigenvalue weighted by atomic mass is 10.2. The average molecular weight is 386 g/mol. The molecule has 0 saturated heterocycles. The van der Waals surface area contributed by atoms with E-state index >= 15 is 0 Å². The summed E-state index contributed by atoms with van der Waals surface area (Å²) in [4.78, 5) is 28.0. The van der Waals surface area contributed by atoms with Gasteiger partial charge < -0.3 is 10.1 Å². The van der Waals surface area contributed by atoms with E-state index in [0.717, 1.165) is 21.7 Å². The van der Waals surface area contributed by atoms with Gasteiger partial charge >= 0.3 is 5.97 Å². The van der Waals surface area contributed by atoms with Crippen molar-refractivity contribution < 1.29 is 14.3 Å². The summed E-state index contributed by atoms with van der Waals surface area (Å²) in [5.41, 5.74) is 4.25. The molecule has 0 atom stereocenters. The summed E-state index contributed by atoms with van der Waals surface area (Å²) in [5.74, 6) is 0.911. The fraction of sp³-hybridized carbons (Fsp3) is 0.211. The van der Waals surface area contributed by atoms with E-state index in [1.165, 1.54) is 16.9 Å². The number of carbonyl (C=O) groups excluding carboxylic acids is 2. The Hall–Kier alpha value is -2.38. The second-order valence-electron chi connectivity index (χ2n) is 5.50. The van der Waals surface area contributed by atoms with Gasteiger partial charge in [0, 0.05) is 18.1 Å². The van der Waals surface area contributed by atoms with Crippen molar-refractivity contribution in [3.8, 4) is 0 Å². The Bertz CT molecular complexity index is 881. The molecule has 0 aliphatic rings. The quantitative estimate of drug-likeness (QED) is 0.474. The number of esters is 1. The van der Waals surface area contributed by atoms with E-state index < -0.39 is 5.97 Å². The van der Waals surface area contributed by atoms with E-state index in [0.29, 0.717) is 12.1 Å². The number of thiazole rings is 1. The smallest absolute Gasteiger partial charge is 0.338 e. The minimum Gasteiger partial charge on any atom is -0.452 e. The number of rotatable bonds is 8. The molecule has 0 aliphatic heterocycles. The van der Waals surface area contributed by atoms with E-state index in [9.17, 15) is 9.59 Å². The maximum absolute atomic E-state index is 12.0. The van der Waals surface area contributed by atoms with Crippen molar-refractivity contribution in [2.45, 2.75) is 5.75 Å². The van der Waals surface area contributed by atoms with E-state index in [2.05, 4.69) is 22.4 Å². The zero-order valence-electron chi connectivity index (χ0n) is 14.0. The maximum Gasteiger partial charge on any atom is 0.338 e. The third-order valence-electron chi connectivity index (χ3n) is 3.58. The van der Waals surface area contributed by atoms with Crippen LogP contribution in [0.4, 0.5) is 0 Å². The number of carbonyl (C=O) groups is 2. The molecule has 0 aliphatic carbocycles. The second-order valence-corrected chi connectivity index (χ2v) is 7.49. The summed E-state index contributed by atoms with van der Waals surface area (Å²) in [6.07, 6.45) is 0. The van der Waals surface area contributed by atoms with Gasteiger partial charge in [0.25, 0.3) is 5.91 Å². The van der Waals surface area contributed by atoms with Crippen molar-refractivity contribution in [2.75, 3.05) is 18.9 Å². The molecule has 26 heavy (non-hydrogen) atoms. The number of thioether (sulfide) groups is 1.